The van der Waals surface area contributed by atoms with Gasteiger partial charge >= 0.3 is 5.97 Å². The van der Waals surface area contributed by atoms with Gasteiger partial charge in [0.05, 0.1) is 24.8 Å². The number of aliphatic hydroxyl groups excluding tert-OH is 1. The van der Waals surface area contributed by atoms with Gasteiger partial charge in [0.1, 0.15) is 17.5 Å². The number of likely N-dealkylation sites (tertiary alicyclic amines) is 1. The van der Waals surface area contributed by atoms with Crippen LogP contribution in [0.2, 0.25) is 0 Å². The summed E-state index contributed by atoms with van der Waals surface area (Å²) in [7, 11) is 0. The number of amides is 1. The van der Waals surface area contributed by atoms with Crippen LogP contribution in [0, 0.1) is 5.92 Å². The molecule has 1 saturated heterocycles. The first-order valence-corrected chi connectivity index (χ1v) is 21.3. The zero-order valence-electron chi connectivity index (χ0n) is 34.8. The largest absolute Gasteiger partial charge is 0.506 e. The molecule has 2 unspecified atom stereocenters. The van der Waals surface area contributed by atoms with Crippen LogP contribution in [0.25, 0.3) is 22.0 Å². The van der Waals surface area contributed by atoms with E-state index in [1.807, 2.05) is 72.8 Å². The van der Waals surface area contributed by atoms with Gasteiger partial charge in [-0.05, 0) is 95.6 Å². The molecule has 63 heavy (non-hydrogen) atoms. The Bertz CT molecular complexity index is 2690. The van der Waals surface area contributed by atoms with E-state index < -0.39 is 12.0 Å². The lowest BCUT2D eigenvalue weighted by molar-refractivity contribution is -0.146. The molecule has 0 spiro atoms. The second-order valence-corrected chi connectivity index (χ2v) is 16.0. The van der Waals surface area contributed by atoms with Gasteiger partial charge in [-0.3, -0.25) is 19.3 Å². The summed E-state index contributed by atoms with van der Waals surface area (Å²) in [6, 6.07) is 41.3. The number of aromatic amines is 1. The van der Waals surface area contributed by atoms with Crippen LogP contribution in [0.3, 0.4) is 0 Å². The minimum atomic E-state index is -0.886. The van der Waals surface area contributed by atoms with Gasteiger partial charge in [-0.25, -0.2) is 9.97 Å². The van der Waals surface area contributed by atoms with Crippen molar-refractivity contribution in [2.75, 3.05) is 26.2 Å². The van der Waals surface area contributed by atoms with Crippen LogP contribution in [0.4, 0.5) is 0 Å². The molecule has 1 fully saturated rings. The van der Waals surface area contributed by atoms with Gasteiger partial charge in [-0.15, -0.1) is 0 Å². The highest BCUT2D eigenvalue weighted by Gasteiger charge is 2.27. The third kappa shape index (κ3) is 10.9. The van der Waals surface area contributed by atoms with Crippen LogP contribution in [0.1, 0.15) is 68.9 Å². The number of phenolic OH excluding ortho intramolecular Hbond substituents is 1. The van der Waals surface area contributed by atoms with Gasteiger partial charge in [0, 0.05) is 54.6 Å². The Hall–Kier alpha value is -6.99. The Labute approximate surface area is 365 Å². The second kappa shape index (κ2) is 20.3. The number of carbonyl (C=O) groups is 2. The summed E-state index contributed by atoms with van der Waals surface area (Å²) >= 11 is 0. The molecule has 1 aliphatic rings. The molecule has 7 aromatic rings. The lowest BCUT2D eigenvalue weighted by Crippen LogP contribution is -2.35. The molecule has 0 aliphatic carbocycles. The third-order valence-corrected chi connectivity index (χ3v) is 11.6. The number of esters is 1. The maximum atomic E-state index is 13.9. The number of ether oxygens (including phenoxy) is 1. The number of hydrogen-bond acceptors (Lipinski definition) is 10. The highest BCUT2D eigenvalue weighted by molar-refractivity contribution is 5.94. The number of hydrogen-bond donors (Lipinski definition) is 5. The first kappa shape index (κ1) is 42.7. The molecule has 1 amide bonds. The van der Waals surface area contributed by atoms with E-state index >= 15 is 0 Å². The maximum Gasteiger partial charge on any atom is 0.317 e. The number of nitrogens with zero attached hydrogens (tertiary/aromatic N) is 3. The average molecular weight is 843 g/mol. The van der Waals surface area contributed by atoms with Crippen molar-refractivity contribution < 1.29 is 24.5 Å². The van der Waals surface area contributed by atoms with Gasteiger partial charge in [0.2, 0.25) is 5.56 Å². The molecule has 5 N–H and O–H groups in total. The number of piperidine rings is 1. The summed E-state index contributed by atoms with van der Waals surface area (Å²) in [6.45, 7) is 4.10. The fourth-order valence-corrected chi connectivity index (χ4v) is 8.09. The minimum absolute atomic E-state index is 0.0644. The number of rotatable bonds is 16. The summed E-state index contributed by atoms with van der Waals surface area (Å²) in [6.07, 6.45) is 4.53. The number of aromatic hydroxyl groups is 1. The Balaban J connectivity index is 0.826. The van der Waals surface area contributed by atoms with E-state index in [9.17, 15) is 24.6 Å². The van der Waals surface area contributed by atoms with Crippen molar-refractivity contribution in [2.45, 2.75) is 44.5 Å². The van der Waals surface area contributed by atoms with Crippen molar-refractivity contribution in [3.63, 3.8) is 0 Å². The van der Waals surface area contributed by atoms with E-state index in [4.69, 9.17) is 4.74 Å². The quantitative estimate of drug-likeness (QED) is 0.0637. The van der Waals surface area contributed by atoms with Crippen molar-refractivity contribution in [3.05, 3.63) is 195 Å². The molecular formula is C51H50N6O6. The van der Waals surface area contributed by atoms with E-state index in [1.165, 1.54) is 17.7 Å². The van der Waals surface area contributed by atoms with Crippen LogP contribution >= 0.6 is 0 Å². The minimum Gasteiger partial charge on any atom is -0.506 e. The number of carbonyl (C=O) groups excluding carboxylic acids is 2. The Kier molecular flexibility index (Phi) is 13.7. The van der Waals surface area contributed by atoms with E-state index in [0.29, 0.717) is 41.4 Å². The molecule has 2 atom stereocenters. The maximum absolute atomic E-state index is 13.9. The molecule has 12 nitrogen and oxygen atoms in total. The normalized spacial score (nSPS) is 14.2. The van der Waals surface area contributed by atoms with Gasteiger partial charge in [0.25, 0.3) is 5.91 Å². The highest BCUT2D eigenvalue weighted by Crippen LogP contribution is 2.31. The van der Waals surface area contributed by atoms with Gasteiger partial charge < -0.3 is 30.6 Å². The molecule has 2 aromatic heterocycles. The fourth-order valence-electron chi connectivity index (χ4n) is 8.09. The number of nitrogens with one attached hydrogen (secondary N) is 3. The van der Waals surface area contributed by atoms with Crippen molar-refractivity contribution in [3.8, 4) is 16.9 Å². The zero-order valence-corrected chi connectivity index (χ0v) is 34.8. The monoisotopic (exact) mass is 842 g/mol. The molecule has 8 rings (SSSR count). The number of pyridine rings is 1. The van der Waals surface area contributed by atoms with E-state index in [1.54, 1.807) is 36.7 Å². The Morgan fingerprint density at radius 1 is 0.778 bits per heavy atom. The molecule has 320 valence electrons. The topological polar surface area (TPSA) is 170 Å². The smallest absolute Gasteiger partial charge is 0.317 e. The summed E-state index contributed by atoms with van der Waals surface area (Å²) in [5.74, 6) is -0.420. The van der Waals surface area contributed by atoms with Gasteiger partial charge in [-0.2, -0.15) is 0 Å². The number of phenols is 1. The van der Waals surface area contributed by atoms with Crippen molar-refractivity contribution in [1.82, 2.24) is 30.5 Å². The molecular weight excluding hydrogens is 793 g/mol. The van der Waals surface area contributed by atoms with Crippen molar-refractivity contribution in [2.24, 2.45) is 5.92 Å². The van der Waals surface area contributed by atoms with Crippen LogP contribution < -0.4 is 16.2 Å². The predicted molar refractivity (Wildman–Crippen MR) is 242 cm³/mol. The van der Waals surface area contributed by atoms with Crippen LogP contribution in [0.5, 0.6) is 5.75 Å². The predicted octanol–water partition coefficient (Wildman–Crippen LogP) is 7.03. The first-order chi connectivity index (χ1) is 30.8. The average Bonchev–Trinajstić information content (AvgIpc) is 3.32. The summed E-state index contributed by atoms with van der Waals surface area (Å²) < 4.78 is 6.06. The molecule has 0 radical (unpaired) electrons. The van der Waals surface area contributed by atoms with Crippen molar-refractivity contribution in [1.29, 1.82) is 0 Å². The van der Waals surface area contributed by atoms with Gasteiger partial charge in [0.15, 0.2) is 0 Å². The Morgan fingerprint density at radius 3 is 2.24 bits per heavy atom. The number of aliphatic hydroxyl groups is 1. The number of aromatic nitrogens is 3. The second-order valence-electron chi connectivity index (χ2n) is 16.0. The Morgan fingerprint density at radius 2 is 1.49 bits per heavy atom. The third-order valence-electron chi connectivity index (χ3n) is 11.6. The summed E-state index contributed by atoms with van der Waals surface area (Å²) in [5, 5.41) is 27.7. The van der Waals surface area contributed by atoms with Crippen LogP contribution in [-0.4, -0.2) is 68.2 Å². The van der Waals surface area contributed by atoms with Crippen LogP contribution in [0.15, 0.2) is 151 Å². The first-order valence-electron chi connectivity index (χ1n) is 21.3. The zero-order chi connectivity index (χ0) is 43.5. The number of H-pyrrole nitrogens is 1. The molecule has 5 aromatic carbocycles. The number of fused-ring (bicyclic) bond motifs is 1. The number of benzene rings is 5. The highest BCUT2D eigenvalue weighted by atomic mass is 16.5. The van der Waals surface area contributed by atoms with Crippen molar-refractivity contribution >= 4 is 22.8 Å². The molecule has 0 bridgehead atoms. The van der Waals surface area contributed by atoms with E-state index in [2.05, 4.69) is 54.8 Å². The SMILES string of the molecule is O=C(NCc1ncc(-c2cccc(C(C(=O)OCC3CCN(Cc4ccccc4)CC3)c3ccccc3)c2)cn1)c1ccc(CNCC(O)c2ccc(O)c3[nH]c(=O)ccc23)cc1. The molecule has 1 aliphatic heterocycles. The van der Waals surface area contributed by atoms with E-state index in [-0.39, 0.29) is 41.8 Å². The standard InChI is InChI=1S/C51H50N6O6/c58-44-20-18-42(43-19-21-47(60)56-49(43)44)45(59)30-52-27-34-14-16-38(17-15-34)50(61)55-31-46-53-28-41(29-54-46)39-12-7-13-40(26-39)48(37-10-5-2-6-11-37)51(62)63-33-36-22-24-57(25-23-36)32-35-8-3-1-4-9-35/h1-21,26,28-29,36,45,48,52,58-59H,22-25,27,30-33H2,(H,55,61)(H,56,60). The molecule has 3 heterocycles. The summed E-state index contributed by atoms with van der Waals surface area (Å²) in [5.41, 5.74) is 6.55. The van der Waals surface area contributed by atoms with Crippen LogP contribution in [-0.2, 0) is 29.2 Å². The lowest BCUT2D eigenvalue weighted by atomic mass is 9.89. The molecule has 12 heteroatoms. The summed E-state index contributed by atoms with van der Waals surface area (Å²) in [4.78, 5) is 52.8. The molecule has 0 saturated carbocycles. The lowest BCUT2D eigenvalue weighted by Gasteiger charge is -2.32. The van der Waals surface area contributed by atoms with Gasteiger partial charge in [-0.1, -0.05) is 97.1 Å². The van der Waals surface area contributed by atoms with E-state index in [0.717, 1.165) is 60.3 Å². The fraction of sp³-hybridized carbons (Fsp3) is 0.235.